The summed E-state index contributed by atoms with van der Waals surface area (Å²) in [6.07, 6.45) is 3.38. The Hall–Kier alpha value is -1.69. The van der Waals surface area contributed by atoms with Crippen LogP contribution in [0.1, 0.15) is 26.3 Å². The van der Waals surface area contributed by atoms with Crippen LogP contribution in [-0.4, -0.2) is 33.6 Å². The first-order valence-electron chi connectivity index (χ1n) is 6.05. The predicted molar refractivity (Wildman–Crippen MR) is 69.3 cm³/mol. The molecule has 6 heteroatoms. The second-order valence-electron chi connectivity index (χ2n) is 4.39. The zero-order valence-corrected chi connectivity index (χ0v) is 11.0. The van der Waals surface area contributed by atoms with Crippen LogP contribution in [0.25, 0.3) is 0 Å². The number of carboxylic acids is 1. The van der Waals surface area contributed by atoms with Crippen molar-refractivity contribution < 1.29 is 9.90 Å². The lowest BCUT2D eigenvalue weighted by molar-refractivity contribution is -0.140. The summed E-state index contributed by atoms with van der Waals surface area (Å²) in [6, 6.07) is -0.557. The van der Waals surface area contributed by atoms with E-state index in [-0.39, 0.29) is 5.92 Å². The van der Waals surface area contributed by atoms with Gasteiger partial charge >= 0.3 is 5.97 Å². The van der Waals surface area contributed by atoms with E-state index in [9.17, 15) is 4.79 Å². The average Bonchev–Trinajstić information content (AvgIpc) is 2.31. The number of hydrogen-bond donors (Lipinski definition) is 3. The molecule has 0 spiro atoms. The molecular formula is C12H20N4O2. The Morgan fingerprint density at radius 1 is 1.39 bits per heavy atom. The monoisotopic (exact) mass is 252 g/mol. The van der Waals surface area contributed by atoms with Gasteiger partial charge in [-0.15, -0.1) is 0 Å². The van der Waals surface area contributed by atoms with Crippen molar-refractivity contribution in [2.75, 3.05) is 11.9 Å². The first-order chi connectivity index (χ1) is 8.54. The number of aliphatic carboxylic acids is 1. The lowest BCUT2D eigenvalue weighted by atomic mass is 10.0. The average molecular weight is 252 g/mol. The van der Waals surface area contributed by atoms with Crippen LogP contribution >= 0.6 is 0 Å². The van der Waals surface area contributed by atoms with Gasteiger partial charge in [0.25, 0.3) is 0 Å². The minimum atomic E-state index is -0.838. The van der Waals surface area contributed by atoms with E-state index in [0.29, 0.717) is 12.5 Å². The Labute approximate surface area is 107 Å². The normalized spacial score (nSPS) is 12.4. The number of rotatable bonds is 7. The molecule has 3 N–H and O–H groups in total. The molecule has 100 valence electrons. The Kier molecular flexibility index (Phi) is 5.51. The Bertz CT molecular complexity index is 378. The highest BCUT2D eigenvalue weighted by molar-refractivity contribution is 5.73. The fourth-order valence-electron chi connectivity index (χ4n) is 1.53. The molecule has 1 unspecified atom stereocenters. The maximum atomic E-state index is 11.0. The second kappa shape index (κ2) is 6.90. The summed E-state index contributed by atoms with van der Waals surface area (Å²) < 4.78 is 0. The van der Waals surface area contributed by atoms with Gasteiger partial charge in [0.15, 0.2) is 0 Å². The quantitative estimate of drug-likeness (QED) is 0.674. The van der Waals surface area contributed by atoms with Gasteiger partial charge in [0.1, 0.15) is 6.04 Å². The van der Waals surface area contributed by atoms with Gasteiger partial charge in [-0.3, -0.25) is 10.1 Å². The van der Waals surface area contributed by atoms with E-state index in [4.69, 9.17) is 5.11 Å². The molecule has 0 aromatic carbocycles. The third kappa shape index (κ3) is 4.29. The van der Waals surface area contributed by atoms with E-state index in [1.54, 1.807) is 12.4 Å². The topological polar surface area (TPSA) is 87.1 Å². The first-order valence-corrected chi connectivity index (χ1v) is 6.05. The molecule has 18 heavy (non-hydrogen) atoms. The fourth-order valence-corrected chi connectivity index (χ4v) is 1.53. The number of nitrogens with zero attached hydrogens (tertiary/aromatic N) is 2. The van der Waals surface area contributed by atoms with Crippen LogP contribution < -0.4 is 10.6 Å². The summed E-state index contributed by atoms with van der Waals surface area (Å²) >= 11 is 0. The molecule has 0 radical (unpaired) electrons. The predicted octanol–water partition coefficient (Wildman–Crippen LogP) is 1.11. The zero-order valence-electron chi connectivity index (χ0n) is 11.0. The summed E-state index contributed by atoms with van der Waals surface area (Å²) in [4.78, 5) is 19.3. The zero-order chi connectivity index (χ0) is 13.5. The van der Waals surface area contributed by atoms with Crippen molar-refractivity contribution in [1.29, 1.82) is 0 Å². The Balaban J connectivity index is 2.54. The van der Waals surface area contributed by atoms with Crippen molar-refractivity contribution in [3.63, 3.8) is 0 Å². The summed E-state index contributed by atoms with van der Waals surface area (Å²) in [5.74, 6) is -0.223. The van der Waals surface area contributed by atoms with Crippen molar-refractivity contribution in [2.24, 2.45) is 5.92 Å². The molecule has 0 amide bonds. The van der Waals surface area contributed by atoms with E-state index < -0.39 is 12.0 Å². The third-order valence-electron chi connectivity index (χ3n) is 2.50. The molecule has 0 fully saturated rings. The maximum absolute atomic E-state index is 11.0. The molecule has 0 aliphatic carbocycles. The number of aromatic nitrogens is 2. The third-order valence-corrected chi connectivity index (χ3v) is 2.50. The molecule has 0 aliphatic rings. The molecule has 6 nitrogen and oxygen atoms in total. The van der Waals surface area contributed by atoms with Crippen molar-refractivity contribution in [1.82, 2.24) is 15.3 Å². The molecule has 1 heterocycles. The molecule has 0 saturated carbocycles. The van der Waals surface area contributed by atoms with Gasteiger partial charge in [-0.25, -0.2) is 9.97 Å². The largest absolute Gasteiger partial charge is 0.480 e. The Morgan fingerprint density at radius 3 is 2.44 bits per heavy atom. The van der Waals surface area contributed by atoms with Gasteiger partial charge in [0.2, 0.25) is 5.95 Å². The standard InChI is InChI=1S/C12H20N4O2/c1-4-13-12-15-6-9(7-16-12)5-14-10(8(2)3)11(17)18/h6-8,10,14H,4-5H2,1-3H3,(H,17,18)(H,13,15,16). The molecular weight excluding hydrogens is 232 g/mol. The van der Waals surface area contributed by atoms with E-state index in [0.717, 1.165) is 12.1 Å². The van der Waals surface area contributed by atoms with E-state index in [1.807, 2.05) is 20.8 Å². The van der Waals surface area contributed by atoms with Crippen LogP contribution in [0.2, 0.25) is 0 Å². The molecule has 0 saturated heterocycles. The highest BCUT2D eigenvalue weighted by Crippen LogP contribution is 2.05. The molecule has 0 bridgehead atoms. The minimum absolute atomic E-state index is 0.0319. The van der Waals surface area contributed by atoms with Gasteiger partial charge in [-0.2, -0.15) is 0 Å². The summed E-state index contributed by atoms with van der Waals surface area (Å²) in [7, 11) is 0. The van der Waals surface area contributed by atoms with Crippen LogP contribution in [0.5, 0.6) is 0 Å². The number of nitrogens with one attached hydrogen (secondary N) is 2. The highest BCUT2D eigenvalue weighted by Gasteiger charge is 2.20. The van der Waals surface area contributed by atoms with Crippen molar-refractivity contribution in [2.45, 2.75) is 33.4 Å². The SMILES string of the molecule is CCNc1ncc(CNC(C(=O)O)C(C)C)cn1. The minimum Gasteiger partial charge on any atom is -0.480 e. The van der Waals surface area contributed by atoms with E-state index in [1.165, 1.54) is 0 Å². The van der Waals surface area contributed by atoms with Crippen LogP contribution in [0.4, 0.5) is 5.95 Å². The van der Waals surface area contributed by atoms with Gasteiger partial charge in [0, 0.05) is 31.0 Å². The Morgan fingerprint density at radius 2 is 2.00 bits per heavy atom. The molecule has 1 aromatic heterocycles. The number of carboxylic acid groups (broad SMARTS) is 1. The van der Waals surface area contributed by atoms with Crippen molar-refractivity contribution >= 4 is 11.9 Å². The fraction of sp³-hybridized carbons (Fsp3) is 0.583. The smallest absolute Gasteiger partial charge is 0.320 e. The highest BCUT2D eigenvalue weighted by atomic mass is 16.4. The van der Waals surface area contributed by atoms with Crippen LogP contribution in [0.3, 0.4) is 0 Å². The summed E-state index contributed by atoms with van der Waals surface area (Å²) in [5, 5.41) is 15.0. The van der Waals surface area contributed by atoms with Gasteiger partial charge in [-0.1, -0.05) is 13.8 Å². The van der Waals surface area contributed by atoms with Crippen LogP contribution in [-0.2, 0) is 11.3 Å². The van der Waals surface area contributed by atoms with Crippen LogP contribution in [0, 0.1) is 5.92 Å². The summed E-state index contributed by atoms with van der Waals surface area (Å²) in [5.41, 5.74) is 0.864. The maximum Gasteiger partial charge on any atom is 0.320 e. The van der Waals surface area contributed by atoms with Gasteiger partial charge in [-0.05, 0) is 12.8 Å². The first kappa shape index (κ1) is 14.4. The molecule has 1 atom stereocenters. The van der Waals surface area contributed by atoms with Gasteiger partial charge < -0.3 is 10.4 Å². The van der Waals surface area contributed by atoms with Crippen LogP contribution in [0.15, 0.2) is 12.4 Å². The lowest BCUT2D eigenvalue weighted by Gasteiger charge is -2.17. The number of anilines is 1. The summed E-state index contributed by atoms with van der Waals surface area (Å²) in [6.45, 7) is 6.93. The lowest BCUT2D eigenvalue weighted by Crippen LogP contribution is -2.40. The second-order valence-corrected chi connectivity index (χ2v) is 4.39. The molecule has 1 aromatic rings. The van der Waals surface area contributed by atoms with E-state index >= 15 is 0 Å². The van der Waals surface area contributed by atoms with E-state index in [2.05, 4.69) is 20.6 Å². The number of carbonyl (C=O) groups is 1. The molecule has 1 rings (SSSR count). The van der Waals surface area contributed by atoms with Gasteiger partial charge in [0.05, 0.1) is 0 Å². The van der Waals surface area contributed by atoms with Crippen molar-refractivity contribution in [3.05, 3.63) is 18.0 Å². The van der Waals surface area contributed by atoms with Crippen molar-refractivity contribution in [3.8, 4) is 0 Å². The molecule has 0 aliphatic heterocycles. The number of hydrogen-bond acceptors (Lipinski definition) is 5.